The van der Waals surface area contributed by atoms with E-state index in [1.165, 1.54) is 29.2 Å². The average molecular weight is 426 g/mol. The van der Waals surface area contributed by atoms with Gasteiger partial charge >= 0.3 is 0 Å². The van der Waals surface area contributed by atoms with Gasteiger partial charge in [0.2, 0.25) is 5.91 Å². The van der Waals surface area contributed by atoms with Gasteiger partial charge in [-0.3, -0.25) is 14.4 Å². The van der Waals surface area contributed by atoms with Gasteiger partial charge in [0.1, 0.15) is 17.6 Å². The quantitative estimate of drug-likeness (QED) is 0.623. The third kappa shape index (κ3) is 4.45. The zero-order chi connectivity index (χ0) is 22.8. The normalized spacial score (nSPS) is 16.5. The van der Waals surface area contributed by atoms with E-state index in [1.807, 2.05) is 27.7 Å². The summed E-state index contributed by atoms with van der Waals surface area (Å²) in [4.78, 5) is 42.1. The molecule has 1 atom stereocenters. The first-order valence-corrected chi connectivity index (χ1v) is 10.4. The molecule has 1 fully saturated rings. The van der Waals surface area contributed by atoms with Gasteiger partial charge in [-0.05, 0) is 75.7 Å². The number of anilines is 1. The maximum absolute atomic E-state index is 13.4. The van der Waals surface area contributed by atoms with E-state index in [-0.39, 0.29) is 17.9 Å². The van der Waals surface area contributed by atoms with Gasteiger partial charge in [0.25, 0.3) is 11.8 Å². The Kier molecular flexibility index (Phi) is 6.43. The zero-order valence-corrected chi connectivity index (χ0v) is 18.2. The molecule has 7 heteroatoms. The SMILES string of the molecule is CCOc1ccc(N2C(=O)CC(N(C(=O)c3ccc(F)cc3)C(C)(C)CC)C2=O)cc1. The van der Waals surface area contributed by atoms with Crippen LogP contribution in [0.2, 0.25) is 0 Å². The average Bonchev–Trinajstić information content (AvgIpc) is 3.03. The molecule has 6 nitrogen and oxygen atoms in total. The van der Waals surface area contributed by atoms with Crippen LogP contribution in [0.4, 0.5) is 10.1 Å². The molecule has 0 N–H and O–H groups in total. The summed E-state index contributed by atoms with van der Waals surface area (Å²) in [6.07, 6.45) is 0.462. The van der Waals surface area contributed by atoms with Crippen LogP contribution in [0.3, 0.4) is 0 Å². The maximum Gasteiger partial charge on any atom is 0.257 e. The third-order valence-electron chi connectivity index (χ3n) is 5.67. The van der Waals surface area contributed by atoms with Crippen molar-refractivity contribution in [2.24, 2.45) is 0 Å². The molecular formula is C24H27FN2O4. The maximum atomic E-state index is 13.4. The molecule has 1 aliphatic rings. The molecule has 164 valence electrons. The van der Waals surface area contributed by atoms with Crippen LogP contribution in [0.5, 0.6) is 5.75 Å². The number of carbonyl (C=O) groups excluding carboxylic acids is 3. The minimum atomic E-state index is -0.938. The number of carbonyl (C=O) groups is 3. The van der Waals surface area contributed by atoms with Crippen molar-refractivity contribution in [2.75, 3.05) is 11.5 Å². The Hall–Kier alpha value is -3.22. The first kappa shape index (κ1) is 22.5. The van der Waals surface area contributed by atoms with Crippen LogP contribution in [0.15, 0.2) is 48.5 Å². The Bertz CT molecular complexity index is 970. The molecule has 1 saturated heterocycles. The molecule has 3 amide bonds. The first-order chi connectivity index (χ1) is 14.7. The van der Waals surface area contributed by atoms with E-state index in [0.29, 0.717) is 24.5 Å². The first-order valence-electron chi connectivity index (χ1n) is 10.4. The molecule has 2 aromatic rings. The molecule has 0 aromatic heterocycles. The van der Waals surface area contributed by atoms with Crippen molar-refractivity contribution < 1.29 is 23.5 Å². The van der Waals surface area contributed by atoms with E-state index < -0.39 is 29.2 Å². The van der Waals surface area contributed by atoms with Gasteiger partial charge in [0.05, 0.1) is 18.7 Å². The van der Waals surface area contributed by atoms with Crippen molar-refractivity contribution in [3.63, 3.8) is 0 Å². The zero-order valence-electron chi connectivity index (χ0n) is 18.2. The summed E-state index contributed by atoms with van der Waals surface area (Å²) in [5.41, 5.74) is 0.00750. The Balaban J connectivity index is 1.94. The minimum Gasteiger partial charge on any atom is -0.494 e. The van der Waals surface area contributed by atoms with E-state index >= 15 is 0 Å². The van der Waals surface area contributed by atoms with Crippen molar-refractivity contribution in [1.82, 2.24) is 4.90 Å². The largest absolute Gasteiger partial charge is 0.494 e. The molecule has 31 heavy (non-hydrogen) atoms. The van der Waals surface area contributed by atoms with E-state index in [4.69, 9.17) is 4.74 Å². The molecule has 0 radical (unpaired) electrons. The predicted octanol–water partition coefficient (Wildman–Crippen LogP) is 4.19. The monoisotopic (exact) mass is 426 g/mol. The van der Waals surface area contributed by atoms with Gasteiger partial charge in [-0.15, -0.1) is 0 Å². The van der Waals surface area contributed by atoms with Crippen LogP contribution in [0.25, 0.3) is 0 Å². The summed E-state index contributed by atoms with van der Waals surface area (Å²) in [6, 6.07) is 11.0. The van der Waals surface area contributed by atoms with Crippen LogP contribution >= 0.6 is 0 Å². The second-order valence-corrected chi connectivity index (χ2v) is 8.06. The van der Waals surface area contributed by atoms with Gasteiger partial charge in [-0.25, -0.2) is 9.29 Å². The molecule has 0 spiro atoms. The van der Waals surface area contributed by atoms with Crippen molar-refractivity contribution in [1.29, 1.82) is 0 Å². The van der Waals surface area contributed by atoms with Crippen LogP contribution in [0, 0.1) is 5.82 Å². The fourth-order valence-corrected chi connectivity index (χ4v) is 3.69. The Morgan fingerprint density at radius 2 is 1.71 bits per heavy atom. The fraction of sp³-hybridized carbons (Fsp3) is 0.375. The number of ether oxygens (including phenoxy) is 1. The van der Waals surface area contributed by atoms with Crippen molar-refractivity contribution in [3.05, 3.63) is 59.9 Å². The summed E-state index contributed by atoms with van der Waals surface area (Å²) in [6.45, 7) is 8.00. The Morgan fingerprint density at radius 1 is 1.10 bits per heavy atom. The van der Waals surface area contributed by atoms with Crippen molar-refractivity contribution >= 4 is 23.4 Å². The number of nitrogens with zero attached hydrogens (tertiary/aromatic N) is 2. The minimum absolute atomic E-state index is 0.109. The lowest BCUT2D eigenvalue weighted by molar-refractivity contribution is -0.123. The van der Waals surface area contributed by atoms with Gasteiger partial charge in [-0.1, -0.05) is 6.92 Å². The van der Waals surface area contributed by atoms with Crippen LogP contribution in [-0.4, -0.2) is 40.8 Å². The molecule has 1 heterocycles. The molecule has 3 rings (SSSR count). The van der Waals surface area contributed by atoms with E-state index in [2.05, 4.69) is 0 Å². The van der Waals surface area contributed by atoms with Gasteiger partial charge in [-0.2, -0.15) is 0 Å². The van der Waals surface area contributed by atoms with Crippen LogP contribution < -0.4 is 9.64 Å². The molecule has 0 aliphatic carbocycles. The highest BCUT2D eigenvalue weighted by Gasteiger charge is 2.48. The topological polar surface area (TPSA) is 66.9 Å². The third-order valence-corrected chi connectivity index (χ3v) is 5.67. The summed E-state index contributed by atoms with van der Waals surface area (Å²) >= 11 is 0. The van der Waals surface area contributed by atoms with Gasteiger partial charge in [0, 0.05) is 11.1 Å². The predicted molar refractivity (Wildman–Crippen MR) is 115 cm³/mol. The number of amides is 3. The molecular weight excluding hydrogens is 399 g/mol. The fourth-order valence-electron chi connectivity index (χ4n) is 3.69. The van der Waals surface area contributed by atoms with Crippen LogP contribution in [0.1, 0.15) is 50.9 Å². The molecule has 1 aliphatic heterocycles. The summed E-state index contributed by atoms with van der Waals surface area (Å²) < 4.78 is 18.8. The standard InChI is InChI=1S/C24H27FN2O4/c1-5-24(3,4)27(22(29)16-7-9-17(25)10-8-16)20-15-21(28)26(23(20)30)18-11-13-19(14-12-18)31-6-2/h7-14,20H,5-6,15H2,1-4H3. The van der Waals surface area contributed by atoms with E-state index in [1.54, 1.807) is 24.3 Å². The second kappa shape index (κ2) is 8.88. The molecule has 0 bridgehead atoms. The van der Waals surface area contributed by atoms with Gasteiger partial charge < -0.3 is 9.64 Å². The number of benzene rings is 2. The smallest absolute Gasteiger partial charge is 0.257 e. The Labute approximate surface area is 181 Å². The highest BCUT2D eigenvalue weighted by molar-refractivity contribution is 6.23. The van der Waals surface area contributed by atoms with E-state index in [9.17, 15) is 18.8 Å². The van der Waals surface area contributed by atoms with Crippen molar-refractivity contribution in [3.8, 4) is 5.75 Å². The number of imide groups is 1. The van der Waals surface area contributed by atoms with Crippen LogP contribution in [-0.2, 0) is 9.59 Å². The Morgan fingerprint density at radius 3 is 2.26 bits per heavy atom. The number of rotatable bonds is 7. The highest BCUT2D eigenvalue weighted by Crippen LogP contribution is 2.33. The molecule has 2 aromatic carbocycles. The summed E-state index contributed by atoms with van der Waals surface area (Å²) in [7, 11) is 0. The lowest BCUT2D eigenvalue weighted by Crippen LogP contribution is -2.55. The van der Waals surface area contributed by atoms with Gasteiger partial charge in [0.15, 0.2) is 0 Å². The molecule has 0 saturated carbocycles. The second-order valence-electron chi connectivity index (χ2n) is 8.06. The van der Waals surface area contributed by atoms with E-state index in [0.717, 1.165) is 4.90 Å². The molecule has 1 unspecified atom stereocenters. The number of hydrogen-bond donors (Lipinski definition) is 0. The number of halogens is 1. The summed E-state index contributed by atoms with van der Waals surface area (Å²) in [5, 5.41) is 0. The lowest BCUT2D eigenvalue weighted by atomic mass is 9.94. The van der Waals surface area contributed by atoms with Crippen molar-refractivity contribution in [2.45, 2.75) is 52.1 Å². The number of hydrogen-bond acceptors (Lipinski definition) is 4. The highest BCUT2D eigenvalue weighted by atomic mass is 19.1. The summed E-state index contributed by atoms with van der Waals surface area (Å²) in [5.74, 6) is -1.05. The lowest BCUT2D eigenvalue weighted by Gasteiger charge is -2.41.